The molecule has 1 aromatic rings. The van der Waals surface area contributed by atoms with Gasteiger partial charge in [0, 0.05) is 24.4 Å². The highest BCUT2D eigenvalue weighted by Gasteiger charge is 2.34. The minimum absolute atomic E-state index is 0.147. The lowest BCUT2D eigenvalue weighted by atomic mass is 9.67. The number of hydrogen-bond donors (Lipinski definition) is 1. The third-order valence-corrected chi connectivity index (χ3v) is 3.89. The van der Waals surface area contributed by atoms with Crippen molar-refractivity contribution in [2.75, 3.05) is 11.9 Å². The fraction of sp³-hybridized carbons (Fsp3) is 0.538. The molecule has 1 N–H and O–H groups in total. The number of non-ortho nitro benzene ring substituents is 1. The maximum Gasteiger partial charge on any atom is 0.271 e. The molecule has 0 radical (unpaired) electrons. The molecule has 2 rings (SSSR count). The second-order valence-corrected chi connectivity index (χ2v) is 4.87. The molecule has 0 atom stereocenters. The minimum Gasteiger partial charge on any atom is -0.384 e. The van der Waals surface area contributed by atoms with E-state index >= 15 is 0 Å². The average Bonchev–Trinajstić information content (AvgIpc) is 2.28. The number of nitrogens with one attached hydrogen (secondary N) is 1. The quantitative estimate of drug-likeness (QED) is 0.625. The van der Waals surface area contributed by atoms with Crippen LogP contribution >= 0.6 is 0 Å². The fourth-order valence-electron chi connectivity index (χ4n) is 2.35. The minimum atomic E-state index is -0.357. The van der Waals surface area contributed by atoms with Crippen molar-refractivity contribution in [1.29, 1.82) is 0 Å². The summed E-state index contributed by atoms with van der Waals surface area (Å²) in [6.07, 6.45) is 5.02. The van der Waals surface area contributed by atoms with Gasteiger partial charge < -0.3 is 5.32 Å². The van der Waals surface area contributed by atoms with Crippen LogP contribution < -0.4 is 5.32 Å². The number of nitro groups is 1. The summed E-state index contributed by atoms with van der Waals surface area (Å²) in [6, 6.07) is 6.72. The molecule has 1 aliphatic carbocycles. The molecule has 4 heteroatoms. The first-order valence-corrected chi connectivity index (χ1v) is 6.13. The van der Waals surface area contributed by atoms with Crippen LogP contribution in [0.4, 0.5) is 11.4 Å². The molecule has 1 aromatic carbocycles. The molecule has 0 spiro atoms. The average molecular weight is 234 g/mol. The maximum atomic E-state index is 10.7. The largest absolute Gasteiger partial charge is 0.384 e. The van der Waals surface area contributed by atoms with E-state index in [1.807, 2.05) is 6.07 Å². The van der Waals surface area contributed by atoms with Crippen molar-refractivity contribution in [2.45, 2.75) is 32.6 Å². The molecule has 1 fully saturated rings. The van der Waals surface area contributed by atoms with E-state index in [9.17, 15) is 10.1 Å². The first-order chi connectivity index (χ1) is 8.15. The van der Waals surface area contributed by atoms with Crippen molar-refractivity contribution in [3.63, 3.8) is 0 Å². The summed E-state index contributed by atoms with van der Waals surface area (Å²) >= 11 is 0. The lowest BCUT2D eigenvalue weighted by Crippen LogP contribution is -2.35. The number of benzene rings is 1. The summed E-state index contributed by atoms with van der Waals surface area (Å²) in [5, 5.41) is 14.0. The van der Waals surface area contributed by atoms with E-state index in [4.69, 9.17) is 0 Å². The number of rotatable bonds is 5. The Morgan fingerprint density at radius 3 is 2.76 bits per heavy atom. The van der Waals surface area contributed by atoms with Crippen molar-refractivity contribution < 1.29 is 4.92 Å². The summed E-state index contributed by atoms with van der Waals surface area (Å²) in [7, 11) is 0. The molecule has 0 aromatic heterocycles. The zero-order valence-corrected chi connectivity index (χ0v) is 10.1. The molecule has 0 aliphatic heterocycles. The molecular weight excluding hydrogens is 216 g/mol. The van der Waals surface area contributed by atoms with Gasteiger partial charge in [-0.15, -0.1) is 0 Å². The SMILES string of the molecule is CCC1(CNc2cccc([N+](=O)[O-])c2)CCC1. The van der Waals surface area contributed by atoms with Gasteiger partial charge in [0.05, 0.1) is 4.92 Å². The number of hydrogen-bond acceptors (Lipinski definition) is 3. The van der Waals surface area contributed by atoms with Crippen molar-refractivity contribution in [1.82, 2.24) is 0 Å². The Hall–Kier alpha value is -1.58. The highest BCUT2D eigenvalue weighted by Crippen LogP contribution is 2.43. The summed E-state index contributed by atoms with van der Waals surface area (Å²) in [5.74, 6) is 0. The Bertz CT molecular complexity index is 408. The van der Waals surface area contributed by atoms with Crippen molar-refractivity contribution >= 4 is 11.4 Å². The molecule has 0 bridgehead atoms. The molecule has 0 heterocycles. The van der Waals surface area contributed by atoms with E-state index in [-0.39, 0.29) is 10.6 Å². The second kappa shape index (κ2) is 4.73. The molecule has 0 amide bonds. The Morgan fingerprint density at radius 1 is 1.47 bits per heavy atom. The van der Waals surface area contributed by atoms with Crippen LogP contribution in [-0.4, -0.2) is 11.5 Å². The van der Waals surface area contributed by atoms with Crippen LogP contribution in [-0.2, 0) is 0 Å². The van der Waals surface area contributed by atoms with Gasteiger partial charge in [0.15, 0.2) is 0 Å². The molecular formula is C13H18N2O2. The Kier molecular flexibility index (Phi) is 3.31. The molecule has 92 valence electrons. The lowest BCUT2D eigenvalue weighted by molar-refractivity contribution is -0.384. The van der Waals surface area contributed by atoms with Crippen molar-refractivity contribution in [2.24, 2.45) is 5.41 Å². The van der Waals surface area contributed by atoms with Gasteiger partial charge in [0.1, 0.15) is 0 Å². The van der Waals surface area contributed by atoms with Crippen LogP contribution in [0.2, 0.25) is 0 Å². The van der Waals surface area contributed by atoms with Gasteiger partial charge >= 0.3 is 0 Å². The van der Waals surface area contributed by atoms with E-state index in [1.54, 1.807) is 12.1 Å². The van der Waals surface area contributed by atoms with E-state index in [1.165, 1.54) is 31.7 Å². The van der Waals surface area contributed by atoms with Crippen LogP contribution in [0.5, 0.6) is 0 Å². The van der Waals surface area contributed by atoms with Gasteiger partial charge in [0.2, 0.25) is 0 Å². The monoisotopic (exact) mass is 234 g/mol. The normalized spacial score (nSPS) is 17.2. The molecule has 17 heavy (non-hydrogen) atoms. The molecule has 0 saturated heterocycles. The Labute approximate surface area is 101 Å². The van der Waals surface area contributed by atoms with Gasteiger partial charge in [0.25, 0.3) is 5.69 Å². The smallest absolute Gasteiger partial charge is 0.271 e. The zero-order valence-electron chi connectivity index (χ0n) is 10.1. The fourth-order valence-corrected chi connectivity index (χ4v) is 2.35. The van der Waals surface area contributed by atoms with Gasteiger partial charge in [-0.05, 0) is 30.7 Å². The Balaban J connectivity index is 1.99. The van der Waals surface area contributed by atoms with E-state index < -0.39 is 0 Å². The highest BCUT2D eigenvalue weighted by atomic mass is 16.6. The van der Waals surface area contributed by atoms with E-state index in [0.29, 0.717) is 5.41 Å². The van der Waals surface area contributed by atoms with Crippen LogP contribution in [0.25, 0.3) is 0 Å². The standard InChI is InChI=1S/C13H18N2O2/c1-2-13(7-4-8-13)10-14-11-5-3-6-12(9-11)15(16)17/h3,5-6,9,14H,2,4,7-8,10H2,1H3. The Morgan fingerprint density at radius 2 is 2.24 bits per heavy atom. The van der Waals surface area contributed by atoms with Gasteiger partial charge in [-0.1, -0.05) is 19.4 Å². The summed E-state index contributed by atoms with van der Waals surface area (Å²) in [6.45, 7) is 3.14. The second-order valence-electron chi connectivity index (χ2n) is 4.87. The molecule has 1 saturated carbocycles. The summed E-state index contributed by atoms with van der Waals surface area (Å²) in [5.41, 5.74) is 1.41. The highest BCUT2D eigenvalue weighted by molar-refractivity contribution is 5.51. The third-order valence-electron chi connectivity index (χ3n) is 3.89. The summed E-state index contributed by atoms with van der Waals surface area (Å²) in [4.78, 5) is 10.3. The predicted octanol–water partition coefficient (Wildman–Crippen LogP) is 3.59. The number of nitro benzene ring substituents is 1. The maximum absolute atomic E-state index is 10.7. The number of nitrogens with zero attached hydrogens (tertiary/aromatic N) is 1. The summed E-state index contributed by atoms with van der Waals surface area (Å²) < 4.78 is 0. The third kappa shape index (κ3) is 2.57. The van der Waals surface area contributed by atoms with Gasteiger partial charge in [-0.2, -0.15) is 0 Å². The van der Waals surface area contributed by atoms with E-state index in [2.05, 4.69) is 12.2 Å². The first kappa shape index (κ1) is 11.9. The van der Waals surface area contributed by atoms with Crippen LogP contribution in [0.1, 0.15) is 32.6 Å². The van der Waals surface area contributed by atoms with Crippen LogP contribution in [0, 0.1) is 15.5 Å². The van der Waals surface area contributed by atoms with Gasteiger partial charge in [-0.3, -0.25) is 10.1 Å². The van der Waals surface area contributed by atoms with Crippen LogP contribution in [0.15, 0.2) is 24.3 Å². The molecule has 4 nitrogen and oxygen atoms in total. The van der Waals surface area contributed by atoms with Crippen molar-refractivity contribution in [3.05, 3.63) is 34.4 Å². The topological polar surface area (TPSA) is 55.2 Å². The first-order valence-electron chi connectivity index (χ1n) is 6.13. The van der Waals surface area contributed by atoms with Crippen LogP contribution in [0.3, 0.4) is 0 Å². The molecule has 1 aliphatic rings. The zero-order chi connectivity index (χ0) is 12.3. The number of anilines is 1. The molecule has 0 unspecified atom stereocenters. The lowest BCUT2D eigenvalue weighted by Gasteiger charge is -2.41. The van der Waals surface area contributed by atoms with Crippen molar-refractivity contribution in [3.8, 4) is 0 Å². The van der Waals surface area contributed by atoms with Gasteiger partial charge in [-0.25, -0.2) is 0 Å². The predicted molar refractivity (Wildman–Crippen MR) is 68.2 cm³/mol. The van der Waals surface area contributed by atoms with E-state index in [0.717, 1.165) is 12.2 Å².